The first-order valence-corrected chi connectivity index (χ1v) is 8.25. The first-order valence-electron chi connectivity index (χ1n) is 8.25. The Bertz CT molecular complexity index is 653. The minimum atomic E-state index is 0.216. The molecule has 3 rings (SSSR count). The fourth-order valence-electron chi connectivity index (χ4n) is 3.57. The van der Waals surface area contributed by atoms with Gasteiger partial charge < -0.3 is 15.2 Å². The van der Waals surface area contributed by atoms with Gasteiger partial charge in [0, 0.05) is 30.2 Å². The van der Waals surface area contributed by atoms with E-state index in [1.165, 1.54) is 22.0 Å². The average molecular weight is 299 g/mol. The number of hydrogen-bond donors (Lipinski definition) is 2. The van der Waals surface area contributed by atoms with Crippen LogP contribution in [0.25, 0.3) is 10.9 Å². The Kier molecular flexibility index (Phi) is 4.48. The van der Waals surface area contributed by atoms with Crippen LogP contribution in [0.2, 0.25) is 0 Å². The minimum Gasteiger partial charge on any atom is -0.361 e. The number of likely N-dealkylation sites (tertiary alicyclic amines) is 1. The number of nitrogens with zero attached hydrogens (tertiary/aromatic N) is 1. The van der Waals surface area contributed by atoms with Gasteiger partial charge in [-0.05, 0) is 43.4 Å². The molecule has 118 valence electrons. The van der Waals surface area contributed by atoms with Crippen molar-refractivity contribution in [3.05, 3.63) is 35.5 Å². The predicted octanol–water partition coefficient (Wildman–Crippen LogP) is 2.66. The number of fused-ring (bicyclic) bond motifs is 1. The number of likely N-dealkylation sites (N-methyl/N-ethyl adjacent to an activating group) is 1. The molecule has 1 aliphatic heterocycles. The molecule has 0 unspecified atom stereocenters. The molecule has 2 N–H and O–H groups in total. The zero-order chi connectivity index (χ0) is 15.5. The van der Waals surface area contributed by atoms with Crippen LogP contribution < -0.4 is 5.32 Å². The molecule has 0 radical (unpaired) electrons. The van der Waals surface area contributed by atoms with Gasteiger partial charge in [0.15, 0.2) is 0 Å². The van der Waals surface area contributed by atoms with Gasteiger partial charge in [-0.3, -0.25) is 4.79 Å². The van der Waals surface area contributed by atoms with E-state index < -0.39 is 0 Å². The van der Waals surface area contributed by atoms with E-state index in [1.54, 1.807) is 0 Å². The van der Waals surface area contributed by atoms with Crippen LogP contribution in [0, 0.1) is 0 Å². The van der Waals surface area contributed by atoms with Crippen LogP contribution in [-0.2, 0) is 11.2 Å². The zero-order valence-corrected chi connectivity index (χ0v) is 13.5. The molecule has 1 fully saturated rings. The Morgan fingerprint density at radius 1 is 1.36 bits per heavy atom. The summed E-state index contributed by atoms with van der Waals surface area (Å²) in [5.41, 5.74) is 4.09. The molecule has 2 heterocycles. The van der Waals surface area contributed by atoms with E-state index in [0.29, 0.717) is 12.5 Å². The Balaban J connectivity index is 1.75. The van der Waals surface area contributed by atoms with E-state index in [0.717, 1.165) is 32.4 Å². The second-order valence-electron chi connectivity index (χ2n) is 6.12. The molecule has 4 nitrogen and oxygen atoms in total. The van der Waals surface area contributed by atoms with Crippen LogP contribution in [0.4, 0.5) is 0 Å². The molecule has 2 aromatic rings. The highest BCUT2D eigenvalue weighted by molar-refractivity contribution is 5.86. The van der Waals surface area contributed by atoms with Gasteiger partial charge in [0.25, 0.3) is 0 Å². The van der Waals surface area contributed by atoms with Gasteiger partial charge in [-0.15, -0.1) is 0 Å². The molecule has 0 saturated carbocycles. The quantitative estimate of drug-likeness (QED) is 0.912. The van der Waals surface area contributed by atoms with Crippen LogP contribution in [0.15, 0.2) is 24.4 Å². The standard InChI is InChI=1S/C18H25N3O/c1-3-13-5-4-6-15-16(11-20-18(13)15)14-7-9-21(10-8-14)17(22)12-19-2/h4-6,11,14,19-20H,3,7-10,12H2,1-2H3. The lowest BCUT2D eigenvalue weighted by atomic mass is 9.88. The van der Waals surface area contributed by atoms with Crippen molar-refractivity contribution in [1.82, 2.24) is 15.2 Å². The molecule has 0 spiro atoms. The van der Waals surface area contributed by atoms with Gasteiger partial charge in [0.1, 0.15) is 0 Å². The number of para-hydroxylation sites is 1. The van der Waals surface area contributed by atoms with E-state index in [2.05, 4.69) is 41.6 Å². The zero-order valence-electron chi connectivity index (χ0n) is 13.5. The molecule has 1 aromatic heterocycles. The first kappa shape index (κ1) is 15.1. The first-order chi connectivity index (χ1) is 10.7. The summed E-state index contributed by atoms with van der Waals surface area (Å²) in [6, 6.07) is 6.57. The number of H-pyrrole nitrogens is 1. The Hall–Kier alpha value is -1.81. The number of carbonyl (C=O) groups is 1. The lowest BCUT2D eigenvalue weighted by Gasteiger charge is -2.32. The molecule has 0 aliphatic carbocycles. The molecule has 4 heteroatoms. The van der Waals surface area contributed by atoms with Crippen molar-refractivity contribution in [3.8, 4) is 0 Å². The number of aryl methyl sites for hydroxylation is 1. The van der Waals surface area contributed by atoms with Crippen LogP contribution in [0.5, 0.6) is 0 Å². The normalized spacial score (nSPS) is 16.4. The second-order valence-corrected chi connectivity index (χ2v) is 6.12. The number of piperidine rings is 1. The van der Waals surface area contributed by atoms with Gasteiger partial charge in [0.2, 0.25) is 5.91 Å². The van der Waals surface area contributed by atoms with E-state index >= 15 is 0 Å². The maximum atomic E-state index is 11.9. The highest BCUT2D eigenvalue weighted by Gasteiger charge is 2.25. The number of rotatable bonds is 4. The van der Waals surface area contributed by atoms with Crippen LogP contribution in [0.1, 0.15) is 36.8 Å². The lowest BCUT2D eigenvalue weighted by molar-refractivity contribution is -0.131. The highest BCUT2D eigenvalue weighted by Crippen LogP contribution is 2.34. The summed E-state index contributed by atoms with van der Waals surface area (Å²) in [4.78, 5) is 17.4. The molecule has 0 atom stereocenters. The summed E-state index contributed by atoms with van der Waals surface area (Å²) < 4.78 is 0. The van der Waals surface area contributed by atoms with Crippen molar-refractivity contribution < 1.29 is 4.79 Å². The summed E-state index contributed by atoms with van der Waals surface area (Å²) in [7, 11) is 1.82. The van der Waals surface area contributed by atoms with Crippen molar-refractivity contribution in [2.24, 2.45) is 0 Å². The van der Waals surface area contributed by atoms with Crippen molar-refractivity contribution >= 4 is 16.8 Å². The van der Waals surface area contributed by atoms with Crippen molar-refractivity contribution in [1.29, 1.82) is 0 Å². The van der Waals surface area contributed by atoms with Gasteiger partial charge in [-0.25, -0.2) is 0 Å². The maximum Gasteiger partial charge on any atom is 0.236 e. The number of nitrogens with one attached hydrogen (secondary N) is 2. The summed E-state index contributed by atoms with van der Waals surface area (Å²) in [5, 5.41) is 4.30. The van der Waals surface area contributed by atoms with E-state index in [9.17, 15) is 4.79 Å². The predicted molar refractivity (Wildman–Crippen MR) is 90.2 cm³/mol. The topological polar surface area (TPSA) is 48.1 Å². The SMILES string of the molecule is CCc1cccc2c(C3CCN(C(=O)CNC)CC3)c[nH]c12. The third-order valence-electron chi connectivity index (χ3n) is 4.83. The van der Waals surface area contributed by atoms with Gasteiger partial charge in [-0.1, -0.05) is 25.1 Å². The summed E-state index contributed by atoms with van der Waals surface area (Å²) >= 11 is 0. The van der Waals surface area contributed by atoms with Gasteiger partial charge in [-0.2, -0.15) is 0 Å². The van der Waals surface area contributed by atoms with E-state index in [-0.39, 0.29) is 5.91 Å². The van der Waals surface area contributed by atoms with E-state index in [4.69, 9.17) is 0 Å². The maximum absolute atomic E-state index is 11.9. The molecule has 1 aromatic carbocycles. The third kappa shape index (κ3) is 2.75. The third-order valence-corrected chi connectivity index (χ3v) is 4.83. The van der Waals surface area contributed by atoms with E-state index in [1.807, 2.05) is 11.9 Å². The highest BCUT2D eigenvalue weighted by atomic mass is 16.2. The van der Waals surface area contributed by atoms with Crippen LogP contribution in [0.3, 0.4) is 0 Å². The molecule has 22 heavy (non-hydrogen) atoms. The minimum absolute atomic E-state index is 0.216. The summed E-state index contributed by atoms with van der Waals surface area (Å²) in [5.74, 6) is 0.771. The van der Waals surface area contributed by atoms with Crippen molar-refractivity contribution in [2.75, 3.05) is 26.7 Å². The van der Waals surface area contributed by atoms with Crippen molar-refractivity contribution in [3.63, 3.8) is 0 Å². The average Bonchev–Trinajstić information content (AvgIpc) is 2.99. The Morgan fingerprint density at radius 3 is 2.82 bits per heavy atom. The van der Waals surface area contributed by atoms with Gasteiger partial charge >= 0.3 is 0 Å². The number of aromatic nitrogens is 1. The molecule has 1 amide bonds. The monoisotopic (exact) mass is 299 g/mol. The largest absolute Gasteiger partial charge is 0.361 e. The fraction of sp³-hybridized carbons (Fsp3) is 0.500. The smallest absolute Gasteiger partial charge is 0.236 e. The second kappa shape index (κ2) is 6.53. The number of amides is 1. The summed E-state index contributed by atoms with van der Waals surface area (Å²) in [6.45, 7) is 4.37. The molecule has 1 aliphatic rings. The molecular weight excluding hydrogens is 274 g/mol. The number of carbonyl (C=O) groups excluding carboxylic acids is 1. The number of aromatic amines is 1. The number of benzene rings is 1. The van der Waals surface area contributed by atoms with Crippen LogP contribution in [-0.4, -0.2) is 42.5 Å². The summed E-state index contributed by atoms with van der Waals surface area (Å²) in [6.07, 6.45) is 5.34. The van der Waals surface area contributed by atoms with Gasteiger partial charge in [0.05, 0.1) is 6.54 Å². The molecular formula is C18H25N3O. The fourth-order valence-corrected chi connectivity index (χ4v) is 3.57. The Morgan fingerprint density at radius 2 is 2.14 bits per heavy atom. The van der Waals surface area contributed by atoms with Crippen molar-refractivity contribution in [2.45, 2.75) is 32.1 Å². The molecule has 1 saturated heterocycles. The lowest BCUT2D eigenvalue weighted by Crippen LogP contribution is -2.41. The van der Waals surface area contributed by atoms with Crippen LogP contribution >= 0.6 is 0 Å². The Labute approximate surface area is 131 Å². The molecule has 0 bridgehead atoms. The number of hydrogen-bond acceptors (Lipinski definition) is 2.